The van der Waals surface area contributed by atoms with E-state index in [0.717, 1.165) is 40.2 Å². The number of hydrogen-bond acceptors (Lipinski definition) is 5. The maximum atomic E-state index is 14.9. The average molecular weight is 533 g/mol. The standard InChI is InChI=1S/C29H30F2N6O2/c1-32-20-8-12-37(26(38)15-20)25-5-9-33-28-22(25)16-21(35(28)4)17-36-10-6-18(7-11-36)27-23(30)13-19(14-24(27)31)29(39)34(2)3/h5-6,8-9,12-16,32H,7,10-11,17H2,1-4H3. The van der Waals surface area contributed by atoms with Gasteiger partial charge in [0.2, 0.25) is 0 Å². The predicted octanol–water partition coefficient (Wildman–Crippen LogP) is 4.04. The average Bonchev–Trinajstić information content (AvgIpc) is 3.23. The minimum absolute atomic E-state index is 0.0132. The van der Waals surface area contributed by atoms with Gasteiger partial charge in [-0.3, -0.25) is 19.1 Å². The van der Waals surface area contributed by atoms with E-state index < -0.39 is 17.5 Å². The Kier molecular flexibility index (Phi) is 7.05. The van der Waals surface area contributed by atoms with Gasteiger partial charge >= 0.3 is 0 Å². The van der Waals surface area contributed by atoms with Crippen LogP contribution in [0.5, 0.6) is 0 Å². The van der Waals surface area contributed by atoms with Crippen molar-refractivity contribution in [1.29, 1.82) is 0 Å². The summed E-state index contributed by atoms with van der Waals surface area (Å²) in [5, 5.41) is 3.84. The van der Waals surface area contributed by atoms with Crippen molar-refractivity contribution in [1.82, 2.24) is 23.9 Å². The van der Waals surface area contributed by atoms with Crippen LogP contribution >= 0.6 is 0 Å². The highest BCUT2D eigenvalue weighted by atomic mass is 19.1. The van der Waals surface area contributed by atoms with E-state index >= 15 is 0 Å². The van der Waals surface area contributed by atoms with E-state index in [0.29, 0.717) is 31.6 Å². The second-order valence-electron chi connectivity index (χ2n) is 9.86. The summed E-state index contributed by atoms with van der Waals surface area (Å²) in [7, 11) is 6.79. The second kappa shape index (κ2) is 10.5. The third-order valence-electron chi connectivity index (χ3n) is 7.17. The first-order valence-corrected chi connectivity index (χ1v) is 12.6. The van der Waals surface area contributed by atoms with Crippen molar-refractivity contribution < 1.29 is 13.6 Å². The normalized spacial score (nSPS) is 13.9. The van der Waals surface area contributed by atoms with Gasteiger partial charge < -0.3 is 14.8 Å². The fourth-order valence-corrected chi connectivity index (χ4v) is 5.03. The quantitative estimate of drug-likeness (QED) is 0.406. The molecule has 8 nitrogen and oxygen atoms in total. The van der Waals surface area contributed by atoms with Crippen molar-refractivity contribution >= 4 is 28.2 Å². The Labute approximate surface area is 224 Å². The molecular weight excluding hydrogens is 502 g/mol. The molecule has 0 bridgehead atoms. The van der Waals surface area contributed by atoms with Crippen LogP contribution in [0.3, 0.4) is 0 Å². The van der Waals surface area contributed by atoms with Crippen LogP contribution in [0.2, 0.25) is 0 Å². The van der Waals surface area contributed by atoms with Gasteiger partial charge in [0.25, 0.3) is 11.5 Å². The minimum Gasteiger partial charge on any atom is -0.388 e. The fraction of sp³-hybridized carbons (Fsp3) is 0.276. The number of pyridine rings is 2. The molecule has 0 fully saturated rings. The molecule has 4 heterocycles. The first-order chi connectivity index (χ1) is 18.7. The number of anilines is 1. The maximum absolute atomic E-state index is 14.9. The molecule has 0 aliphatic carbocycles. The van der Waals surface area contributed by atoms with Crippen molar-refractivity contribution in [2.75, 3.05) is 39.5 Å². The lowest BCUT2D eigenvalue weighted by atomic mass is 9.96. The number of nitrogens with one attached hydrogen (secondary N) is 1. The number of aromatic nitrogens is 3. The molecule has 1 amide bonds. The van der Waals surface area contributed by atoms with Gasteiger partial charge in [0, 0.05) is 94.2 Å². The SMILES string of the molecule is CNc1ccn(-c2ccnc3c2cc(CN2CC=C(c4c(F)cc(C(=O)N(C)C)cc4F)CC2)n3C)c(=O)c1. The van der Waals surface area contributed by atoms with E-state index in [-0.39, 0.29) is 16.7 Å². The molecular formula is C29H30F2N6O2. The van der Waals surface area contributed by atoms with Gasteiger partial charge in [-0.05, 0) is 42.3 Å². The van der Waals surface area contributed by atoms with E-state index in [2.05, 4.69) is 15.2 Å². The number of aryl methyl sites for hydroxylation is 1. The van der Waals surface area contributed by atoms with Crippen molar-refractivity contribution in [3.8, 4) is 5.69 Å². The Bertz CT molecular complexity index is 1650. The van der Waals surface area contributed by atoms with Gasteiger partial charge in [-0.15, -0.1) is 0 Å². The molecule has 0 unspecified atom stereocenters. The number of hydrogen-bond donors (Lipinski definition) is 1. The van der Waals surface area contributed by atoms with Crippen LogP contribution in [-0.2, 0) is 13.6 Å². The summed E-state index contributed by atoms with van der Waals surface area (Å²) in [6.07, 6.45) is 5.74. The molecule has 0 radical (unpaired) electrons. The fourth-order valence-electron chi connectivity index (χ4n) is 5.03. The summed E-state index contributed by atoms with van der Waals surface area (Å²) in [4.78, 5) is 32.9. The van der Waals surface area contributed by atoms with Gasteiger partial charge in [0.05, 0.1) is 5.69 Å². The Balaban J connectivity index is 1.38. The number of fused-ring (bicyclic) bond motifs is 1. The lowest BCUT2D eigenvalue weighted by Gasteiger charge is -2.27. The van der Waals surface area contributed by atoms with Gasteiger partial charge in [-0.1, -0.05) is 6.08 Å². The summed E-state index contributed by atoms with van der Waals surface area (Å²) in [5.41, 5.74) is 3.62. The van der Waals surface area contributed by atoms with Crippen molar-refractivity contribution in [3.05, 3.63) is 93.7 Å². The Morgan fingerprint density at radius 3 is 2.49 bits per heavy atom. The molecule has 0 saturated heterocycles. The van der Waals surface area contributed by atoms with E-state index in [1.807, 2.05) is 35.9 Å². The summed E-state index contributed by atoms with van der Waals surface area (Å²) in [6, 6.07) is 9.46. The number of carbonyl (C=O) groups excluding carboxylic acids is 1. The smallest absolute Gasteiger partial charge is 0.257 e. The van der Waals surface area contributed by atoms with Crippen LogP contribution in [0.4, 0.5) is 14.5 Å². The molecule has 3 aromatic heterocycles. The van der Waals surface area contributed by atoms with Gasteiger partial charge in [0.1, 0.15) is 17.3 Å². The first-order valence-electron chi connectivity index (χ1n) is 12.6. The van der Waals surface area contributed by atoms with Crippen LogP contribution in [0.15, 0.2) is 59.7 Å². The molecule has 0 spiro atoms. The predicted molar refractivity (Wildman–Crippen MR) is 148 cm³/mol. The summed E-state index contributed by atoms with van der Waals surface area (Å²) < 4.78 is 33.4. The van der Waals surface area contributed by atoms with E-state index in [1.54, 1.807) is 30.1 Å². The summed E-state index contributed by atoms with van der Waals surface area (Å²) in [6.45, 7) is 1.72. The molecule has 4 aromatic rings. The largest absolute Gasteiger partial charge is 0.388 e. The Hall–Kier alpha value is -4.31. The Morgan fingerprint density at radius 2 is 1.87 bits per heavy atom. The van der Waals surface area contributed by atoms with Gasteiger partial charge in [-0.25, -0.2) is 13.8 Å². The molecule has 0 saturated carbocycles. The third kappa shape index (κ3) is 4.95. The summed E-state index contributed by atoms with van der Waals surface area (Å²) in [5.74, 6) is -1.91. The van der Waals surface area contributed by atoms with Gasteiger partial charge in [0.15, 0.2) is 0 Å². The third-order valence-corrected chi connectivity index (χ3v) is 7.17. The van der Waals surface area contributed by atoms with Crippen LogP contribution in [0.25, 0.3) is 22.3 Å². The van der Waals surface area contributed by atoms with Crippen LogP contribution < -0.4 is 10.9 Å². The van der Waals surface area contributed by atoms with Gasteiger partial charge in [-0.2, -0.15) is 0 Å². The molecule has 10 heteroatoms. The summed E-state index contributed by atoms with van der Waals surface area (Å²) >= 11 is 0. The van der Waals surface area contributed by atoms with Crippen LogP contribution in [-0.4, -0.2) is 64.1 Å². The lowest BCUT2D eigenvalue weighted by Crippen LogP contribution is -2.29. The van der Waals surface area contributed by atoms with Crippen molar-refractivity contribution in [3.63, 3.8) is 0 Å². The monoisotopic (exact) mass is 532 g/mol. The highest BCUT2D eigenvalue weighted by Crippen LogP contribution is 2.30. The number of rotatable bonds is 6. The molecule has 1 aliphatic heterocycles. The zero-order valence-corrected chi connectivity index (χ0v) is 22.3. The van der Waals surface area contributed by atoms with Crippen LogP contribution in [0, 0.1) is 11.6 Å². The minimum atomic E-state index is -0.731. The Morgan fingerprint density at radius 1 is 1.13 bits per heavy atom. The highest BCUT2D eigenvalue weighted by Gasteiger charge is 2.23. The number of nitrogens with zero attached hydrogens (tertiary/aromatic N) is 5. The second-order valence-corrected chi connectivity index (χ2v) is 9.86. The number of benzene rings is 1. The molecule has 1 aliphatic rings. The topological polar surface area (TPSA) is 75.4 Å². The van der Waals surface area contributed by atoms with E-state index in [9.17, 15) is 18.4 Å². The number of halogens is 2. The zero-order valence-electron chi connectivity index (χ0n) is 22.3. The van der Waals surface area contributed by atoms with Crippen molar-refractivity contribution in [2.24, 2.45) is 7.05 Å². The molecule has 5 rings (SSSR count). The molecule has 1 N–H and O–H groups in total. The first kappa shape index (κ1) is 26.3. The molecule has 39 heavy (non-hydrogen) atoms. The molecule has 1 aromatic carbocycles. The van der Waals surface area contributed by atoms with Crippen molar-refractivity contribution in [2.45, 2.75) is 13.0 Å². The number of amides is 1. The number of carbonyl (C=O) groups is 1. The highest BCUT2D eigenvalue weighted by molar-refractivity contribution is 5.94. The zero-order chi connectivity index (χ0) is 27.8. The van der Waals surface area contributed by atoms with Crippen LogP contribution in [0.1, 0.15) is 28.0 Å². The van der Waals surface area contributed by atoms with E-state index in [1.165, 1.54) is 19.0 Å². The lowest BCUT2D eigenvalue weighted by molar-refractivity contribution is 0.0826. The molecule has 202 valence electrons. The maximum Gasteiger partial charge on any atom is 0.257 e. The molecule has 0 atom stereocenters. The van der Waals surface area contributed by atoms with E-state index in [4.69, 9.17) is 0 Å².